The second-order valence-corrected chi connectivity index (χ2v) is 12.6. The van der Waals surface area contributed by atoms with Crippen LogP contribution in [0.3, 0.4) is 0 Å². The van der Waals surface area contributed by atoms with Crippen LogP contribution in [-0.4, -0.2) is 74.7 Å². The van der Waals surface area contributed by atoms with Crippen molar-refractivity contribution in [2.45, 2.75) is 75.1 Å². The lowest BCUT2D eigenvalue weighted by molar-refractivity contribution is -0.0631. The van der Waals surface area contributed by atoms with Crippen LogP contribution in [0.15, 0.2) is 30.6 Å². The van der Waals surface area contributed by atoms with Crippen molar-refractivity contribution >= 4 is 40.5 Å². The third kappa shape index (κ3) is 3.42. The predicted molar refractivity (Wildman–Crippen MR) is 149 cm³/mol. The molecule has 3 aliphatic carbocycles. The van der Waals surface area contributed by atoms with E-state index in [1.807, 2.05) is 18.2 Å². The van der Waals surface area contributed by atoms with E-state index < -0.39 is 5.60 Å². The molecular formula is C29H34N8O3. The zero-order valence-corrected chi connectivity index (χ0v) is 22.9. The monoisotopic (exact) mass is 542 g/mol. The number of nitrogens with zero attached hydrogens (tertiary/aromatic N) is 6. The molecule has 4 atom stereocenters. The number of aromatic nitrogens is 4. The number of hydrogen-bond donors (Lipinski definition) is 2. The molecule has 2 spiro atoms. The van der Waals surface area contributed by atoms with E-state index in [4.69, 9.17) is 9.72 Å². The Balaban J connectivity index is 1.02. The number of ether oxygens (including phenoxy) is 1. The largest absolute Gasteiger partial charge is 0.441 e. The number of pyridine rings is 1. The van der Waals surface area contributed by atoms with E-state index in [9.17, 15) is 9.59 Å². The maximum atomic E-state index is 13.0. The molecule has 8 rings (SSSR count). The van der Waals surface area contributed by atoms with Crippen molar-refractivity contribution in [2.75, 3.05) is 30.9 Å². The minimum atomic E-state index is -0.398. The quantitative estimate of drug-likeness (QED) is 0.497. The van der Waals surface area contributed by atoms with Crippen molar-refractivity contribution in [3.05, 3.63) is 36.3 Å². The number of anilines is 3. The second-order valence-electron chi connectivity index (χ2n) is 12.6. The van der Waals surface area contributed by atoms with Crippen LogP contribution in [0.2, 0.25) is 0 Å². The Labute approximate surface area is 232 Å². The summed E-state index contributed by atoms with van der Waals surface area (Å²) in [4.78, 5) is 43.1. The van der Waals surface area contributed by atoms with Gasteiger partial charge >= 0.3 is 6.09 Å². The molecule has 5 fully saturated rings. The number of amides is 2. The highest BCUT2D eigenvalue weighted by molar-refractivity contribution is 5.98. The highest BCUT2D eigenvalue weighted by Gasteiger charge is 2.71. The molecule has 208 valence electrons. The second kappa shape index (κ2) is 8.39. The summed E-state index contributed by atoms with van der Waals surface area (Å²) < 4.78 is 8.11. The van der Waals surface area contributed by atoms with E-state index in [0.29, 0.717) is 41.5 Å². The van der Waals surface area contributed by atoms with Gasteiger partial charge < -0.3 is 24.8 Å². The molecule has 5 aliphatic rings. The minimum Gasteiger partial charge on any atom is -0.441 e. The fourth-order valence-electron chi connectivity index (χ4n) is 8.03. The highest BCUT2D eigenvalue weighted by Crippen LogP contribution is 2.64. The van der Waals surface area contributed by atoms with Gasteiger partial charge in [0, 0.05) is 55.6 Å². The third-order valence-corrected chi connectivity index (χ3v) is 10.1. The first-order valence-corrected chi connectivity index (χ1v) is 14.4. The van der Waals surface area contributed by atoms with Gasteiger partial charge in [0.15, 0.2) is 0 Å². The molecule has 5 heterocycles. The number of fused-ring (bicyclic) bond motifs is 1. The normalized spacial score (nSPS) is 30.6. The summed E-state index contributed by atoms with van der Waals surface area (Å²) in [6.45, 7) is 0.568. The van der Waals surface area contributed by atoms with Crippen molar-refractivity contribution < 1.29 is 14.3 Å². The first-order valence-electron chi connectivity index (χ1n) is 14.4. The van der Waals surface area contributed by atoms with Gasteiger partial charge in [-0.05, 0) is 50.3 Å². The SMILES string of the molecule is CN(C)C(=O)c1cc2cnc(Nc3ccc(N4CC5(CC6NC7CCC76C5)OC4=O)cn3)nc2n1C1CCCC1. The summed E-state index contributed by atoms with van der Waals surface area (Å²) in [7, 11) is 3.54. The molecule has 40 heavy (non-hydrogen) atoms. The lowest BCUT2D eigenvalue weighted by Crippen LogP contribution is -2.73. The van der Waals surface area contributed by atoms with Crippen molar-refractivity contribution in [2.24, 2.45) is 5.41 Å². The third-order valence-electron chi connectivity index (χ3n) is 10.1. The Morgan fingerprint density at radius 1 is 1.15 bits per heavy atom. The molecule has 4 unspecified atom stereocenters. The zero-order valence-electron chi connectivity index (χ0n) is 22.9. The fourth-order valence-corrected chi connectivity index (χ4v) is 8.03. The highest BCUT2D eigenvalue weighted by atomic mass is 16.6. The Kier molecular flexibility index (Phi) is 5.05. The van der Waals surface area contributed by atoms with Crippen LogP contribution in [0.4, 0.5) is 22.2 Å². The van der Waals surface area contributed by atoms with Gasteiger partial charge in [0.25, 0.3) is 5.91 Å². The van der Waals surface area contributed by atoms with Gasteiger partial charge in [-0.1, -0.05) is 12.8 Å². The van der Waals surface area contributed by atoms with E-state index in [0.717, 1.165) is 55.2 Å². The summed E-state index contributed by atoms with van der Waals surface area (Å²) in [5.74, 6) is 0.956. The van der Waals surface area contributed by atoms with Crippen LogP contribution in [-0.2, 0) is 4.74 Å². The summed E-state index contributed by atoms with van der Waals surface area (Å²) in [5, 5.41) is 7.71. The van der Waals surface area contributed by atoms with Gasteiger partial charge in [0.1, 0.15) is 22.8 Å². The van der Waals surface area contributed by atoms with E-state index >= 15 is 0 Å². The molecule has 0 bridgehead atoms. The first kappa shape index (κ1) is 24.1. The smallest absolute Gasteiger partial charge is 0.415 e. The Bertz CT molecular complexity index is 1530. The topological polar surface area (TPSA) is 118 Å². The lowest BCUT2D eigenvalue weighted by Gasteiger charge is -2.62. The Hall–Kier alpha value is -3.73. The van der Waals surface area contributed by atoms with Gasteiger partial charge in [-0.3, -0.25) is 9.69 Å². The van der Waals surface area contributed by atoms with E-state index in [1.54, 1.807) is 36.3 Å². The summed E-state index contributed by atoms with van der Waals surface area (Å²) in [6, 6.07) is 6.95. The van der Waals surface area contributed by atoms with E-state index in [2.05, 4.69) is 25.2 Å². The Morgan fingerprint density at radius 2 is 2.00 bits per heavy atom. The molecule has 2 saturated heterocycles. The molecule has 2 aliphatic heterocycles. The van der Waals surface area contributed by atoms with Crippen molar-refractivity contribution in [1.82, 2.24) is 29.7 Å². The molecule has 3 saturated carbocycles. The summed E-state index contributed by atoms with van der Waals surface area (Å²) in [6.07, 6.45) is 11.9. The molecule has 2 amide bonds. The number of nitrogens with one attached hydrogen (secondary N) is 2. The van der Waals surface area contributed by atoms with Crippen LogP contribution < -0.4 is 15.5 Å². The molecule has 3 aromatic heterocycles. The molecular weight excluding hydrogens is 508 g/mol. The summed E-state index contributed by atoms with van der Waals surface area (Å²) >= 11 is 0. The first-order chi connectivity index (χ1) is 19.3. The Morgan fingerprint density at radius 3 is 2.67 bits per heavy atom. The van der Waals surface area contributed by atoms with Crippen molar-refractivity contribution in [3.8, 4) is 0 Å². The number of piperidine rings is 1. The molecule has 2 N–H and O–H groups in total. The number of carbonyl (C=O) groups is 2. The number of hydrogen-bond acceptors (Lipinski definition) is 8. The van der Waals surface area contributed by atoms with Gasteiger partial charge in [0.05, 0.1) is 18.4 Å². The van der Waals surface area contributed by atoms with Gasteiger partial charge in [-0.15, -0.1) is 0 Å². The van der Waals surface area contributed by atoms with Crippen molar-refractivity contribution in [1.29, 1.82) is 0 Å². The van der Waals surface area contributed by atoms with Crippen LogP contribution in [0.25, 0.3) is 11.0 Å². The minimum absolute atomic E-state index is 0.0347. The maximum absolute atomic E-state index is 13.0. The van der Waals surface area contributed by atoms with E-state index in [1.165, 1.54) is 12.8 Å². The lowest BCUT2D eigenvalue weighted by atomic mass is 9.55. The van der Waals surface area contributed by atoms with E-state index in [-0.39, 0.29) is 18.0 Å². The van der Waals surface area contributed by atoms with Crippen LogP contribution >= 0.6 is 0 Å². The van der Waals surface area contributed by atoms with Gasteiger partial charge in [-0.2, -0.15) is 4.98 Å². The zero-order chi connectivity index (χ0) is 27.2. The van der Waals surface area contributed by atoms with Crippen LogP contribution in [0, 0.1) is 5.41 Å². The van der Waals surface area contributed by atoms with Crippen LogP contribution in [0.1, 0.15) is 67.9 Å². The maximum Gasteiger partial charge on any atom is 0.415 e. The summed E-state index contributed by atoms with van der Waals surface area (Å²) in [5.41, 5.74) is 2.08. The fraction of sp³-hybridized carbons (Fsp3) is 0.552. The average molecular weight is 543 g/mol. The number of rotatable bonds is 5. The average Bonchev–Trinajstić information content (AvgIpc) is 3.71. The standard InChI is InChI=1S/C29H34N8O3/c1-35(2)25(38)20-11-17-13-31-26(34-24(17)37(20)18-5-3-4-6-18)33-23-8-7-19(14-30-23)36-16-28(40-27(36)39)12-22-29(15-28)10-9-21(29)32-22/h7-8,11,13-14,18,21-22,32H,3-6,9-10,12,15-16H2,1-2H3,(H,30,31,33,34). The molecule has 0 aromatic carbocycles. The van der Waals surface area contributed by atoms with Gasteiger partial charge in [0.2, 0.25) is 5.95 Å². The van der Waals surface area contributed by atoms with Crippen LogP contribution in [0.5, 0.6) is 0 Å². The number of carbonyl (C=O) groups excluding carboxylic acids is 2. The molecule has 11 nitrogen and oxygen atoms in total. The van der Waals surface area contributed by atoms with Crippen molar-refractivity contribution in [3.63, 3.8) is 0 Å². The molecule has 0 radical (unpaired) electrons. The predicted octanol–water partition coefficient (Wildman–Crippen LogP) is 4.00. The molecule has 3 aromatic rings. The molecule has 11 heteroatoms. The van der Waals surface area contributed by atoms with Gasteiger partial charge in [-0.25, -0.2) is 14.8 Å².